The first kappa shape index (κ1) is 17.1. The van der Waals surface area contributed by atoms with Gasteiger partial charge in [-0.05, 0) is 57.1 Å². The lowest BCUT2D eigenvalue weighted by atomic mass is 10.2. The first-order valence-electron chi connectivity index (χ1n) is 9.64. The Hall–Kier alpha value is -3.06. The van der Waals surface area contributed by atoms with Crippen molar-refractivity contribution < 1.29 is 0 Å². The zero-order valence-electron chi connectivity index (χ0n) is 16.3. The van der Waals surface area contributed by atoms with Crippen molar-refractivity contribution in [1.29, 1.82) is 0 Å². The number of hydrogen-bond acceptors (Lipinski definition) is 6. The fourth-order valence-corrected chi connectivity index (χ4v) is 3.92. The summed E-state index contributed by atoms with van der Waals surface area (Å²) in [4.78, 5) is 16.3. The summed E-state index contributed by atoms with van der Waals surface area (Å²) in [6.45, 7) is 6.09. The number of hydrogen-bond donors (Lipinski definition) is 1. The van der Waals surface area contributed by atoms with Crippen molar-refractivity contribution in [1.82, 2.24) is 29.9 Å². The van der Waals surface area contributed by atoms with Crippen LogP contribution in [-0.4, -0.2) is 50.7 Å². The van der Waals surface area contributed by atoms with Crippen LogP contribution in [0, 0.1) is 13.8 Å². The van der Waals surface area contributed by atoms with Crippen LogP contribution in [-0.2, 0) is 0 Å². The predicted molar refractivity (Wildman–Crippen MR) is 111 cm³/mol. The van der Waals surface area contributed by atoms with Gasteiger partial charge in [-0.25, -0.2) is 19.5 Å². The van der Waals surface area contributed by atoms with Crippen molar-refractivity contribution in [3.8, 4) is 11.4 Å². The summed E-state index contributed by atoms with van der Waals surface area (Å²) in [5.74, 6) is 0. The van der Waals surface area contributed by atoms with Crippen LogP contribution in [0.3, 0.4) is 0 Å². The molecule has 0 aliphatic carbocycles. The van der Waals surface area contributed by atoms with Gasteiger partial charge in [-0.2, -0.15) is 5.10 Å². The zero-order chi connectivity index (χ0) is 19.3. The van der Waals surface area contributed by atoms with Gasteiger partial charge in [0.2, 0.25) is 0 Å². The minimum atomic E-state index is 0.548. The van der Waals surface area contributed by atoms with E-state index in [4.69, 9.17) is 4.98 Å². The smallest absolute Gasteiger partial charge is 0.159 e. The standard InChI is InChI=1S/C21H23N7/c1-13-8-19(26-28-11-14(2)24-21(13)28)18-5-4-15-9-17(10-23-20(15)25-18)27-7-6-16(12-27)22-3/h4-5,8-11,16,22H,6-7,12H2,1-3H3. The highest BCUT2D eigenvalue weighted by atomic mass is 15.3. The van der Waals surface area contributed by atoms with Gasteiger partial charge in [0.05, 0.1) is 29.5 Å². The summed E-state index contributed by atoms with van der Waals surface area (Å²) in [7, 11) is 2.02. The van der Waals surface area contributed by atoms with Gasteiger partial charge in [0.15, 0.2) is 11.3 Å². The Morgan fingerprint density at radius 2 is 2.00 bits per heavy atom. The molecule has 1 atom stereocenters. The number of anilines is 1. The molecule has 0 amide bonds. The lowest BCUT2D eigenvalue weighted by molar-refractivity contribution is 0.617. The molecule has 0 spiro atoms. The van der Waals surface area contributed by atoms with Crippen molar-refractivity contribution in [2.24, 2.45) is 0 Å². The largest absolute Gasteiger partial charge is 0.369 e. The van der Waals surface area contributed by atoms with Gasteiger partial charge in [-0.15, -0.1) is 0 Å². The van der Waals surface area contributed by atoms with E-state index in [0.29, 0.717) is 6.04 Å². The Morgan fingerprint density at radius 1 is 1.11 bits per heavy atom. The molecule has 0 aromatic carbocycles. The number of rotatable bonds is 3. The highest BCUT2D eigenvalue weighted by Gasteiger charge is 2.21. The van der Waals surface area contributed by atoms with Crippen LogP contribution in [0.1, 0.15) is 17.7 Å². The number of nitrogens with zero attached hydrogens (tertiary/aromatic N) is 6. The fraction of sp³-hybridized carbons (Fsp3) is 0.333. The first-order valence-corrected chi connectivity index (χ1v) is 9.64. The van der Waals surface area contributed by atoms with E-state index < -0.39 is 0 Å². The molecule has 0 saturated carbocycles. The van der Waals surface area contributed by atoms with Crippen LogP contribution in [0.25, 0.3) is 28.1 Å². The molecule has 5 rings (SSSR count). The molecule has 1 aliphatic rings. The lowest BCUT2D eigenvalue weighted by Crippen LogP contribution is -2.29. The van der Waals surface area contributed by atoms with E-state index in [-0.39, 0.29) is 0 Å². The SMILES string of the molecule is CNC1CCN(c2cnc3nc(-c4cc(C)c5nc(C)cn5n4)ccc3c2)C1. The number of nitrogens with one attached hydrogen (secondary N) is 1. The topological polar surface area (TPSA) is 71.2 Å². The molecule has 1 saturated heterocycles. The number of aromatic nitrogens is 5. The molecular formula is C21H23N7. The Morgan fingerprint density at radius 3 is 2.82 bits per heavy atom. The van der Waals surface area contributed by atoms with Crippen LogP contribution in [0.15, 0.2) is 36.7 Å². The van der Waals surface area contributed by atoms with Crippen LogP contribution >= 0.6 is 0 Å². The fourth-order valence-electron chi connectivity index (χ4n) is 3.92. The van der Waals surface area contributed by atoms with Crippen molar-refractivity contribution in [3.63, 3.8) is 0 Å². The average Bonchev–Trinajstić information content (AvgIpc) is 3.33. The van der Waals surface area contributed by atoms with Crippen LogP contribution in [0.5, 0.6) is 0 Å². The van der Waals surface area contributed by atoms with Gasteiger partial charge >= 0.3 is 0 Å². The average molecular weight is 373 g/mol. The molecule has 7 heteroatoms. The van der Waals surface area contributed by atoms with Gasteiger partial charge in [-0.3, -0.25) is 0 Å². The predicted octanol–water partition coefficient (Wildman–Crippen LogP) is 2.75. The molecule has 4 aromatic rings. The molecule has 0 bridgehead atoms. The summed E-state index contributed by atoms with van der Waals surface area (Å²) in [6.07, 6.45) is 5.02. The third-order valence-corrected chi connectivity index (χ3v) is 5.48. The van der Waals surface area contributed by atoms with Crippen LogP contribution < -0.4 is 10.2 Å². The van der Waals surface area contributed by atoms with Gasteiger partial charge in [0, 0.05) is 24.5 Å². The molecular weight excluding hydrogens is 350 g/mol. The number of fused-ring (bicyclic) bond motifs is 2. The highest BCUT2D eigenvalue weighted by Crippen LogP contribution is 2.25. The molecule has 1 N–H and O–H groups in total. The maximum absolute atomic E-state index is 4.76. The number of imidazole rings is 1. The lowest BCUT2D eigenvalue weighted by Gasteiger charge is -2.18. The second kappa shape index (κ2) is 6.53. The molecule has 1 fully saturated rings. The van der Waals surface area contributed by atoms with E-state index in [1.807, 2.05) is 49.9 Å². The minimum absolute atomic E-state index is 0.548. The normalized spacial score (nSPS) is 17.1. The summed E-state index contributed by atoms with van der Waals surface area (Å²) >= 11 is 0. The number of pyridine rings is 2. The Bertz CT molecular complexity index is 1180. The molecule has 1 unspecified atom stereocenters. The Labute approximate surface area is 163 Å². The Balaban J connectivity index is 1.51. The minimum Gasteiger partial charge on any atom is -0.369 e. The number of aryl methyl sites for hydroxylation is 2. The summed E-state index contributed by atoms with van der Waals surface area (Å²) in [5, 5.41) is 9.08. The monoisotopic (exact) mass is 373 g/mol. The quantitative estimate of drug-likeness (QED) is 0.595. The molecule has 7 nitrogen and oxygen atoms in total. The molecule has 1 aliphatic heterocycles. The van der Waals surface area contributed by atoms with Crippen LogP contribution in [0.4, 0.5) is 5.69 Å². The van der Waals surface area contributed by atoms with Crippen molar-refractivity contribution >= 4 is 22.4 Å². The maximum Gasteiger partial charge on any atom is 0.159 e. The highest BCUT2D eigenvalue weighted by molar-refractivity contribution is 5.81. The van der Waals surface area contributed by atoms with Gasteiger partial charge < -0.3 is 10.2 Å². The first-order chi connectivity index (χ1) is 13.6. The van der Waals surface area contributed by atoms with Gasteiger partial charge in [0.25, 0.3) is 0 Å². The van der Waals surface area contributed by atoms with Gasteiger partial charge in [-0.1, -0.05) is 0 Å². The van der Waals surface area contributed by atoms with Crippen molar-refractivity contribution in [2.45, 2.75) is 26.3 Å². The van der Waals surface area contributed by atoms with Crippen LogP contribution in [0.2, 0.25) is 0 Å². The van der Waals surface area contributed by atoms with E-state index in [1.165, 1.54) is 0 Å². The second-order valence-electron chi connectivity index (χ2n) is 7.52. The molecule has 142 valence electrons. The summed E-state index contributed by atoms with van der Waals surface area (Å²) in [6, 6.07) is 8.86. The Kier molecular flexibility index (Phi) is 3.98. The molecule has 0 radical (unpaired) electrons. The van der Waals surface area contributed by atoms with E-state index in [9.17, 15) is 0 Å². The molecule has 4 aromatic heterocycles. The molecule has 28 heavy (non-hydrogen) atoms. The second-order valence-corrected chi connectivity index (χ2v) is 7.52. The third kappa shape index (κ3) is 2.88. The number of likely N-dealkylation sites (N-methyl/N-ethyl adjacent to an activating group) is 1. The van der Waals surface area contributed by atoms with Crippen molar-refractivity contribution in [3.05, 3.63) is 47.9 Å². The van der Waals surface area contributed by atoms with E-state index in [2.05, 4.69) is 37.4 Å². The van der Waals surface area contributed by atoms with E-state index in [0.717, 1.165) is 64.5 Å². The maximum atomic E-state index is 4.76. The summed E-state index contributed by atoms with van der Waals surface area (Å²) < 4.78 is 1.83. The van der Waals surface area contributed by atoms with E-state index in [1.54, 1.807) is 0 Å². The molecule has 5 heterocycles. The summed E-state index contributed by atoms with van der Waals surface area (Å²) in [5.41, 5.74) is 6.46. The van der Waals surface area contributed by atoms with E-state index >= 15 is 0 Å². The van der Waals surface area contributed by atoms with Gasteiger partial charge in [0.1, 0.15) is 5.69 Å². The third-order valence-electron chi connectivity index (χ3n) is 5.48. The zero-order valence-corrected chi connectivity index (χ0v) is 16.3. The van der Waals surface area contributed by atoms with Crippen molar-refractivity contribution in [2.75, 3.05) is 25.0 Å².